The van der Waals surface area contributed by atoms with Crippen molar-refractivity contribution >= 4 is 17.0 Å². The van der Waals surface area contributed by atoms with E-state index >= 15 is 0 Å². The Morgan fingerprint density at radius 1 is 1.42 bits per heavy atom. The van der Waals surface area contributed by atoms with Crippen LogP contribution in [0.5, 0.6) is 0 Å². The average molecular weight is 257 g/mol. The number of aromatic nitrogens is 2. The number of aryl methyl sites for hydroxylation is 1. The molecule has 2 rings (SSSR count). The molecule has 5 heteroatoms. The molecule has 0 saturated heterocycles. The van der Waals surface area contributed by atoms with Crippen molar-refractivity contribution in [1.29, 1.82) is 5.26 Å². The molecule has 98 valence electrons. The summed E-state index contributed by atoms with van der Waals surface area (Å²) >= 11 is 0. The van der Waals surface area contributed by atoms with Crippen LogP contribution in [-0.4, -0.2) is 22.1 Å². The monoisotopic (exact) mass is 257 g/mol. The first-order chi connectivity index (χ1) is 9.31. The van der Waals surface area contributed by atoms with Crippen molar-refractivity contribution in [2.45, 2.75) is 25.8 Å². The SMILES string of the molecule is N#CCCOC(=O)CCCn1cnc2ccccc21. The molecule has 1 aromatic heterocycles. The molecule has 0 spiro atoms. The smallest absolute Gasteiger partial charge is 0.305 e. The molecule has 0 N–H and O–H groups in total. The van der Waals surface area contributed by atoms with Gasteiger partial charge in [-0.25, -0.2) is 4.98 Å². The number of rotatable bonds is 6. The van der Waals surface area contributed by atoms with E-state index in [9.17, 15) is 4.79 Å². The van der Waals surface area contributed by atoms with E-state index in [2.05, 4.69) is 4.98 Å². The summed E-state index contributed by atoms with van der Waals surface area (Å²) in [7, 11) is 0. The summed E-state index contributed by atoms with van der Waals surface area (Å²) in [5, 5.41) is 8.33. The molecule has 0 amide bonds. The minimum Gasteiger partial charge on any atom is -0.465 e. The predicted octanol–water partition coefficient (Wildman–Crippen LogP) is 2.27. The summed E-state index contributed by atoms with van der Waals surface area (Å²) in [5.74, 6) is -0.250. The summed E-state index contributed by atoms with van der Waals surface area (Å²) in [6, 6.07) is 9.82. The normalized spacial score (nSPS) is 10.3. The van der Waals surface area contributed by atoms with Gasteiger partial charge in [0.2, 0.25) is 0 Å². The fourth-order valence-electron chi connectivity index (χ4n) is 1.86. The van der Waals surface area contributed by atoms with E-state index in [0.29, 0.717) is 12.8 Å². The summed E-state index contributed by atoms with van der Waals surface area (Å²) in [5.41, 5.74) is 2.03. The Bertz CT molecular complexity index is 598. The Morgan fingerprint density at radius 2 is 2.26 bits per heavy atom. The van der Waals surface area contributed by atoms with Gasteiger partial charge in [-0.05, 0) is 18.6 Å². The maximum atomic E-state index is 11.4. The van der Waals surface area contributed by atoms with Crippen molar-refractivity contribution in [1.82, 2.24) is 9.55 Å². The Balaban J connectivity index is 1.80. The number of hydrogen-bond acceptors (Lipinski definition) is 4. The number of nitriles is 1. The van der Waals surface area contributed by atoms with Crippen molar-refractivity contribution in [2.75, 3.05) is 6.61 Å². The number of carbonyl (C=O) groups is 1. The van der Waals surface area contributed by atoms with E-state index in [4.69, 9.17) is 10.00 Å². The number of carbonyl (C=O) groups excluding carboxylic acids is 1. The fourth-order valence-corrected chi connectivity index (χ4v) is 1.86. The molecule has 5 nitrogen and oxygen atoms in total. The van der Waals surface area contributed by atoms with Gasteiger partial charge in [-0.2, -0.15) is 5.26 Å². The highest BCUT2D eigenvalue weighted by molar-refractivity contribution is 5.75. The van der Waals surface area contributed by atoms with Gasteiger partial charge in [0.1, 0.15) is 6.61 Å². The van der Waals surface area contributed by atoms with Crippen LogP contribution in [0.4, 0.5) is 0 Å². The molecule has 0 atom stereocenters. The molecule has 1 aromatic carbocycles. The first kappa shape index (κ1) is 13.1. The second-order valence-electron chi connectivity index (χ2n) is 4.16. The van der Waals surface area contributed by atoms with Gasteiger partial charge in [-0.1, -0.05) is 12.1 Å². The van der Waals surface area contributed by atoms with Gasteiger partial charge in [0, 0.05) is 13.0 Å². The van der Waals surface area contributed by atoms with Crippen LogP contribution in [0.2, 0.25) is 0 Å². The summed E-state index contributed by atoms with van der Waals surface area (Å²) in [4.78, 5) is 15.6. The van der Waals surface area contributed by atoms with Gasteiger partial charge in [-0.3, -0.25) is 4.79 Å². The highest BCUT2D eigenvalue weighted by Gasteiger charge is 2.04. The number of benzene rings is 1. The third-order valence-electron chi connectivity index (χ3n) is 2.78. The zero-order chi connectivity index (χ0) is 13.5. The Hall–Kier alpha value is -2.35. The zero-order valence-corrected chi connectivity index (χ0v) is 10.6. The van der Waals surface area contributed by atoms with Gasteiger partial charge < -0.3 is 9.30 Å². The molecule has 0 radical (unpaired) electrons. The maximum absolute atomic E-state index is 11.4. The quantitative estimate of drug-likeness (QED) is 0.588. The zero-order valence-electron chi connectivity index (χ0n) is 10.6. The van der Waals surface area contributed by atoms with Gasteiger partial charge in [-0.15, -0.1) is 0 Å². The highest BCUT2D eigenvalue weighted by Crippen LogP contribution is 2.12. The van der Waals surface area contributed by atoms with Crippen molar-refractivity contribution in [2.24, 2.45) is 0 Å². The Labute approximate surface area is 111 Å². The maximum Gasteiger partial charge on any atom is 0.305 e. The molecule has 0 aliphatic rings. The molecule has 1 heterocycles. The molecule has 19 heavy (non-hydrogen) atoms. The average Bonchev–Trinajstić information content (AvgIpc) is 2.83. The van der Waals surface area contributed by atoms with Crippen LogP contribution in [0.25, 0.3) is 11.0 Å². The van der Waals surface area contributed by atoms with E-state index in [-0.39, 0.29) is 19.0 Å². The van der Waals surface area contributed by atoms with Crippen LogP contribution in [0.3, 0.4) is 0 Å². The van der Waals surface area contributed by atoms with Crippen molar-refractivity contribution in [3.8, 4) is 6.07 Å². The number of para-hydroxylation sites is 2. The van der Waals surface area contributed by atoms with Gasteiger partial charge in [0.15, 0.2) is 0 Å². The predicted molar refractivity (Wildman–Crippen MR) is 70.2 cm³/mol. The number of fused-ring (bicyclic) bond motifs is 1. The summed E-state index contributed by atoms with van der Waals surface area (Å²) in [6.07, 6.45) is 3.09. The lowest BCUT2D eigenvalue weighted by Crippen LogP contribution is -2.07. The number of nitrogens with zero attached hydrogens (tertiary/aromatic N) is 3. The fraction of sp³-hybridized carbons (Fsp3) is 0.357. The lowest BCUT2D eigenvalue weighted by molar-refractivity contribution is -0.143. The van der Waals surface area contributed by atoms with Crippen LogP contribution < -0.4 is 0 Å². The molecular formula is C14H15N3O2. The van der Waals surface area contributed by atoms with E-state index in [1.807, 2.05) is 34.9 Å². The van der Waals surface area contributed by atoms with Crippen LogP contribution in [-0.2, 0) is 16.1 Å². The molecule has 0 unspecified atom stereocenters. The van der Waals surface area contributed by atoms with Crippen LogP contribution in [0, 0.1) is 11.3 Å². The summed E-state index contributed by atoms with van der Waals surface area (Å²) in [6.45, 7) is 0.914. The third kappa shape index (κ3) is 3.55. The van der Waals surface area contributed by atoms with E-state index in [1.54, 1.807) is 6.33 Å². The second kappa shape index (κ2) is 6.55. The Kier molecular flexibility index (Phi) is 4.51. The molecular weight excluding hydrogens is 242 g/mol. The number of hydrogen-bond donors (Lipinski definition) is 0. The van der Waals surface area contributed by atoms with Crippen molar-refractivity contribution in [3.05, 3.63) is 30.6 Å². The van der Waals surface area contributed by atoms with Crippen LogP contribution in [0.15, 0.2) is 30.6 Å². The first-order valence-electron chi connectivity index (χ1n) is 6.23. The molecule has 0 saturated carbocycles. The first-order valence-corrected chi connectivity index (χ1v) is 6.23. The second-order valence-corrected chi connectivity index (χ2v) is 4.16. The Morgan fingerprint density at radius 3 is 3.11 bits per heavy atom. The van der Waals surface area contributed by atoms with Crippen molar-refractivity contribution in [3.63, 3.8) is 0 Å². The minimum atomic E-state index is -0.250. The minimum absolute atomic E-state index is 0.184. The van der Waals surface area contributed by atoms with Crippen molar-refractivity contribution < 1.29 is 9.53 Å². The van der Waals surface area contributed by atoms with E-state index in [0.717, 1.165) is 17.6 Å². The number of esters is 1. The highest BCUT2D eigenvalue weighted by atomic mass is 16.5. The third-order valence-corrected chi connectivity index (χ3v) is 2.78. The molecule has 0 aliphatic carbocycles. The lowest BCUT2D eigenvalue weighted by atomic mass is 10.3. The lowest BCUT2D eigenvalue weighted by Gasteiger charge is -2.04. The van der Waals surface area contributed by atoms with Gasteiger partial charge >= 0.3 is 5.97 Å². The molecule has 2 aromatic rings. The van der Waals surface area contributed by atoms with Gasteiger partial charge in [0.05, 0.1) is 29.9 Å². The van der Waals surface area contributed by atoms with Crippen LogP contribution in [0.1, 0.15) is 19.3 Å². The summed E-state index contributed by atoms with van der Waals surface area (Å²) < 4.78 is 6.93. The largest absolute Gasteiger partial charge is 0.465 e. The molecule has 0 aliphatic heterocycles. The standard InChI is InChI=1S/C14H15N3O2/c15-8-4-10-19-14(18)7-3-9-17-11-16-12-5-1-2-6-13(12)17/h1-2,5-6,11H,3-4,7,9-10H2. The van der Waals surface area contributed by atoms with Gasteiger partial charge in [0.25, 0.3) is 0 Å². The number of imidazole rings is 1. The molecule has 0 bridgehead atoms. The molecule has 0 fully saturated rings. The van der Waals surface area contributed by atoms with E-state index in [1.165, 1.54) is 0 Å². The topological polar surface area (TPSA) is 67.9 Å². The number of ether oxygens (including phenoxy) is 1. The van der Waals surface area contributed by atoms with Crippen LogP contribution >= 0.6 is 0 Å². The van der Waals surface area contributed by atoms with E-state index < -0.39 is 0 Å².